The first-order chi connectivity index (χ1) is 15.1. The van der Waals surface area contributed by atoms with Crippen LogP contribution in [-0.2, 0) is 17.6 Å². The Bertz CT molecular complexity index is 1010. The molecule has 3 rings (SSSR count). The van der Waals surface area contributed by atoms with E-state index in [-0.39, 0.29) is 11.6 Å². The molecule has 31 heavy (non-hydrogen) atoms. The molecule has 0 bridgehead atoms. The Hall–Kier alpha value is -3.46. The fraction of sp³-hybridized carbons (Fsp3) is 0.360. The average Bonchev–Trinajstić information content (AvgIpc) is 2.82. The van der Waals surface area contributed by atoms with Gasteiger partial charge in [0.2, 0.25) is 0 Å². The summed E-state index contributed by atoms with van der Waals surface area (Å²) in [6.45, 7) is 2.03. The number of aryl methyl sites for hydroxylation is 2. The first kappa shape index (κ1) is 22.2. The van der Waals surface area contributed by atoms with Crippen LogP contribution in [0, 0.1) is 11.3 Å². The molecule has 6 nitrogen and oxygen atoms in total. The van der Waals surface area contributed by atoms with Crippen molar-refractivity contribution in [3.05, 3.63) is 64.9 Å². The zero-order chi connectivity index (χ0) is 22.2. The number of amides is 1. The van der Waals surface area contributed by atoms with Gasteiger partial charge in [-0.25, -0.2) is 0 Å². The lowest BCUT2D eigenvalue weighted by Crippen LogP contribution is -2.29. The van der Waals surface area contributed by atoms with Crippen LogP contribution < -0.4 is 20.1 Å². The van der Waals surface area contributed by atoms with Gasteiger partial charge in [-0.05, 0) is 60.9 Å². The second-order valence-electron chi connectivity index (χ2n) is 7.55. The molecule has 1 unspecified atom stereocenters. The smallest absolute Gasteiger partial charge is 0.263 e. The van der Waals surface area contributed by atoms with Crippen LogP contribution >= 0.6 is 0 Å². The van der Waals surface area contributed by atoms with E-state index in [1.165, 1.54) is 30.2 Å². The molecule has 2 aromatic rings. The fourth-order valence-electron chi connectivity index (χ4n) is 3.86. The van der Waals surface area contributed by atoms with E-state index < -0.39 is 5.91 Å². The largest absolute Gasteiger partial charge is 0.493 e. The van der Waals surface area contributed by atoms with E-state index in [1.807, 2.05) is 13.0 Å². The number of nitrogens with one attached hydrogen (secondary N) is 2. The normalized spacial score (nSPS) is 14.1. The van der Waals surface area contributed by atoms with Crippen LogP contribution in [-0.4, -0.2) is 20.1 Å². The molecule has 0 heterocycles. The number of nitriles is 1. The van der Waals surface area contributed by atoms with E-state index in [4.69, 9.17) is 9.47 Å². The highest BCUT2D eigenvalue weighted by atomic mass is 16.5. The maximum Gasteiger partial charge on any atom is 0.263 e. The van der Waals surface area contributed by atoms with Crippen molar-refractivity contribution in [2.45, 2.75) is 45.1 Å². The third kappa shape index (κ3) is 5.37. The van der Waals surface area contributed by atoms with Crippen LogP contribution in [0.15, 0.2) is 48.2 Å². The predicted molar refractivity (Wildman–Crippen MR) is 121 cm³/mol. The minimum atomic E-state index is -0.403. The van der Waals surface area contributed by atoms with Crippen LogP contribution in [0.2, 0.25) is 0 Å². The maximum atomic E-state index is 12.8. The third-order valence-corrected chi connectivity index (χ3v) is 5.62. The molecular weight excluding hydrogens is 390 g/mol. The Balaban J connectivity index is 1.71. The van der Waals surface area contributed by atoms with Gasteiger partial charge >= 0.3 is 0 Å². The highest BCUT2D eigenvalue weighted by Gasteiger charge is 2.18. The first-order valence-electron chi connectivity index (χ1n) is 10.6. The predicted octanol–water partition coefficient (Wildman–Crippen LogP) is 4.67. The maximum absolute atomic E-state index is 12.8. The summed E-state index contributed by atoms with van der Waals surface area (Å²) in [5.74, 6) is 0.758. The average molecular weight is 420 g/mol. The number of hydrogen-bond donors (Lipinski definition) is 2. The standard InChI is InChI=1S/C25H29N3O3/c1-4-22(19-10-9-17-7-5-6-8-18(17)13-19)28-25(29)20(15-26)16-27-21-11-12-23(30-2)24(14-21)31-3/h9-14,16,22,27H,4-8H2,1-3H3,(H,28,29)/b20-16-. The second kappa shape index (κ2) is 10.5. The Labute approximate surface area is 183 Å². The molecule has 1 aliphatic rings. The molecule has 1 atom stereocenters. The summed E-state index contributed by atoms with van der Waals surface area (Å²) >= 11 is 0. The zero-order valence-corrected chi connectivity index (χ0v) is 18.3. The summed E-state index contributed by atoms with van der Waals surface area (Å²) in [4.78, 5) is 12.8. The lowest BCUT2D eigenvalue weighted by atomic mass is 9.88. The molecule has 162 valence electrons. The van der Waals surface area contributed by atoms with Crippen LogP contribution in [0.4, 0.5) is 5.69 Å². The minimum absolute atomic E-state index is 0.00574. The lowest BCUT2D eigenvalue weighted by molar-refractivity contribution is -0.117. The van der Waals surface area contributed by atoms with Gasteiger partial charge < -0.3 is 20.1 Å². The molecule has 2 N–H and O–H groups in total. The summed E-state index contributed by atoms with van der Waals surface area (Å²) in [7, 11) is 3.12. The number of nitrogens with zero attached hydrogens (tertiary/aromatic N) is 1. The number of methoxy groups -OCH3 is 2. The Kier molecular flexibility index (Phi) is 7.55. The minimum Gasteiger partial charge on any atom is -0.493 e. The van der Waals surface area contributed by atoms with Gasteiger partial charge in [0.25, 0.3) is 5.91 Å². The van der Waals surface area contributed by atoms with Gasteiger partial charge in [0, 0.05) is 18.0 Å². The molecule has 2 aromatic carbocycles. The van der Waals surface area contributed by atoms with Crippen LogP contribution in [0.3, 0.4) is 0 Å². The Morgan fingerprint density at radius 2 is 1.84 bits per heavy atom. The van der Waals surface area contributed by atoms with E-state index in [2.05, 4.69) is 28.8 Å². The number of hydrogen-bond acceptors (Lipinski definition) is 5. The molecule has 1 amide bonds. The zero-order valence-electron chi connectivity index (χ0n) is 18.3. The molecule has 0 aliphatic heterocycles. The quantitative estimate of drug-likeness (QED) is 0.480. The number of rotatable bonds is 8. The van der Waals surface area contributed by atoms with E-state index in [1.54, 1.807) is 32.4 Å². The summed E-state index contributed by atoms with van der Waals surface area (Å²) in [5, 5.41) is 15.5. The van der Waals surface area contributed by atoms with E-state index in [9.17, 15) is 10.1 Å². The molecule has 0 saturated carbocycles. The molecule has 1 aliphatic carbocycles. The first-order valence-corrected chi connectivity index (χ1v) is 10.6. The van der Waals surface area contributed by atoms with E-state index >= 15 is 0 Å². The molecule has 0 radical (unpaired) electrons. The molecule has 6 heteroatoms. The monoisotopic (exact) mass is 419 g/mol. The molecule has 0 fully saturated rings. The highest BCUT2D eigenvalue weighted by Crippen LogP contribution is 2.30. The van der Waals surface area contributed by atoms with Crippen molar-refractivity contribution in [3.63, 3.8) is 0 Å². The van der Waals surface area contributed by atoms with Crippen molar-refractivity contribution in [1.29, 1.82) is 5.26 Å². The summed E-state index contributed by atoms with van der Waals surface area (Å²) in [5.41, 5.74) is 4.56. The van der Waals surface area contributed by atoms with Gasteiger partial charge in [0.15, 0.2) is 11.5 Å². The number of carbonyl (C=O) groups excluding carboxylic acids is 1. The molecular formula is C25H29N3O3. The van der Waals surface area contributed by atoms with E-state index in [0.29, 0.717) is 17.2 Å². The van der Waals surface area contributed by atoms with Crippen molar-refractivity contribution in [3.8, 4) is 17.6 Å². The summed E-state index contributed by atoms with van der Waals surface area (Å²) in [6, 6.07) is 13.6. The second-order valence-corrected chi connectivity index (χ2v) is 7.55. The molecule has 0 spiro atoms. The Morgan fingerprint density at radius 3 is 2.52 bits per heavy atom. The van der Waals surface area contributed by atoms with Gasteiger partial charge in [-0.2, -0.15) is 5.26 Å². The molecule has 0 aromatic heterocycles. The topological polar surface area (TPSA) is 83.4 Å². The van der Waals surface area contributed by atoms with Crippen molar-refractivity contribution < 1.29 is 14.3 Å². The van der Waals surface area contributed by atoms with Gasteiger partial charge in [-0.1, -0.05) is 25.1 Å². The lowest BCUT2D eigenvalue weighted by Gasteiger charge is -2.21. The summed E-state index contributed by atoms with van der Waals surface area (Å²) in [6.07, 6.45) is 6.82. The highest BCUT2D eigenvalue weighted by molar-refractivity contribution is 5.97. The van der Waals surface area contributed by atoms with Crippen LogP contribution in [0.1, 0.15) is 48.9 Å². The van der Waals surface area contributed by atoms with Gasteiger partial charge in [-0.3, -0.25) is 4.79 Å². The SMILES string of the molecule is CCC(NC(=O)/C(C#N)=C\Nc1ccc(OC)c(OC)c1)c1ccc2c(c1)CCCC2. The van der Waals surface area contributed by atoms with Gasteiger partial charge in [0.05, 0.1) is 20.3 Å². The van der Waals surface area contributed by atoms with Crippen molar-refractivity contribution in [2.75, 3.05) is 19.5 Å². The number of carbonyl (C=O) groups is 1. The summed E-state index contributed by atoms with van der Waals surface area (Å²) < 4.78 is 10.5. The Morgan fingerprint density at radius 1 is 1.10 bits per heavy atom. The van der Waals surface area contributed by atoms with Gasteiger partial charge in [0.1, 0.15) is 11.6 Å². The van der Waals surface area contributed by atoms with Crippen LogP contribution in [0.25, 0.3) is 0 Å². The number of benzene rings is 2. The number of anilines is 1. The van der Waals surface area contributed by atoms with Crippen molar-refractivity contribution in [1.82, 2.24) is 5.32 Å². The van der Waals surface area contributed by atoms with Crippen molar-refractivity contribution >= 4 is 11.6 Å². The molecule has 0 saturated heterocycles. The fourth-order valence-corrected chi connectivity index (χ4v) is 3.86. The van der Waals surface area contributed by atoms with Gasteiger partial charge in [-0.15, -0.1) is 0 Å². The van der Waals surface area contributed by atoms with Crippen molar-refractivity contribution in [2.24, 2.45) is 0 Å². The number of fused-ring (bicyclic) bond motifs is 1. The number of ether oxygens (including phenoxy) is 2. The van der Waals surface area contributed by atoms with E-state index in [0.717, 1.165) is 24.8 Å². The third-order valence-electron chi connectivity index (χ3n) is 5.62. The van der Waals surface area contributed by atoms with Crippen LogP contribution in [0.5, 0.6) is 11.5 Å².